The topological polar surface area (TPSA) is 103 Å². The van der Waals surface area contributed by atoms with Crippen LogP contribution in [0.25, 0.3) is 22.3 Å². The molecular formula is C41H42ClN7O2. The molecule has 0 bridgehead atoms. The lowest BCUT2D eigenvalue weighted by molar-refractivity contribution is 0.0906. The van der Waals surface area contributed by atoms with Crippen LogP contribution in [0.4, 0.5) is 5.82 Å². The smallest absolute Gasteiger partial charge is 0.251 e. The van der Waals surface area contributed by atoms with Crippen LogP contribution in [-0.4, -0.2) is 69.9 Å². The monoisotopic (exact) mass is 699 g/mol. The molecule has 0 unspecified atom stereocenters. The lowest BCUT2D eigenvalue weighted by Gasteiger charge is -2.34. The Bertz CT molecular complexity index is 1960. The van der Waals surface area contributed by atoms with Crippen LogP contribution in [0.15, 0.2) is 104 Å². The van der Waals surface area contributed by atoms with E-state index in [1.165, 1.54) is 5.56 Å². The van der Waals surface area contributed by atoms with E-state index in [1.807, 2.05) is 67.8 Å². The fraction of sp³-hybridized carbons (Fsp3) is 0.293. The summed E-state index contributed by atoms with van der Waals surface area (Å²) in [6.45, 7) is 6.31. The van der Waals surface area contributed by atoms with Gasteiger partial charge in [-0.3, -0.25) is 24.5 Å². The Labute approximate surface area is 304 Å². The van der Waals surface area contributed by atoms with Gasteiger partial charge in [0.25, 0.3) is 11.8 Å². The van der Waals surface area contributed by atoms with Gasteiger partial charge < -0.3 is 15.5 Å². The summed E-state index contributed by atoms with van der Waals surface area (Å²) in [5, 5.41) is 7.10. The average Bonchev–Trinajstić information content (AvgIpc) is 3.17. The average molecular weight is 700 g/mol. The normalized spacial score (nSPS) is 15.8. The summed E-state index contributed by atoms with van der Waals surface area (Å²) in [5.41, 5.74) is 7.16. The minimum absolute atomic E-state index is 0.0254. The number of aromatic nitrogens is 3. The maximum absolute atomic E-state index is 13.3. The number of benzene rings is 2. The second kappa shape index (κ2) is 15.8. The van der Waals surface area contributed by atoms with Gasteiger partial charge in [-0.1, -0.05) is 41.9 Å². The van der Waals surface area contributed by atoms with Gasteiger partial charge in [-0.15, -0.1) is 0 Å². The zero-order chi connectivity index (χ0) is 35.2. The molecule has 0 radical (unpaired) electrons. The number of rotatable bonds is 9. The molecule has 5 aromatic rings. The Kier molecular flexibility index (Phi) is 10.7. The maximum Gasteiger partial charge on any atom is 0.251 e. The summed E-state index contributed by atoms with van der Waals surface area (Å²) < 4.78 is 0. The zero-order valence-electron chi connectivity index (χ0n) is 28.8. The van der Waals surface area contributed by atoms with Crippen LogP contribution in [0.2, 0.25) is 5.02 Å². The van der Waals surface area contributed by atoms with Crippen molar-refractivity contribution in [3.8, 4) is 22.3 Å². The number of carbonyl (C=O) groups excluding carboxylic acids is 2. The van der Waals surface area contributed by atoms with Crippen molar-refractivity contribution in [3.05, 3.63) is 131 Å². The summed E-state index contributed by atoms with van der Waals surface area (Å²) in [5.74, 6) is 0.865. The first-order valence-electron chi connectivity index (χ1n) is 17.6. The molecule has 7 rings (SSSR count). The first kappa shape index (κ1) is 34.3. The van der Waals surface area contributed by atoms with Crippen LogP contribution in [0.3, 0.4) is 0 Å². The summed E-state index contributed by atoms with van der Waals surface area (Å²) >= 11 is 6.43. The lowest BCUT2D eigenvalue weighted by Crippen LogP contribution is -2.45. The Morgan fingerprint density at radius 1 is 0.745 bits per heavy atom. The molecule has 2 saturated heterocycles. The number of halogens is 1. The number of amides is 2. The number of anilines is 1. The second-order valence-corrected chi connectivity index (χ2v) is 13.8. The van der Waals surface area contributed by atoms with E-state index < -0.39 is 0 Å². The molecule has 0 spiro atoms. The van der Waals surface area contributed by atoms with Gasteiger partial charge >= 0.3 is 0 Å². The van der Waals surface area contributed by atoms with Crippen LogP contribution in [-0.2, 0) is 6.54 Å². The molecule has 260 valence electrons. The maximum atomic E-state index is 13.3. The van der Waals surface area contributed by atoms with Crippen LogP contribution in [0.1, 0.15) is 57.5 Å². The first-order chi connectivity index (χ1) is 24.9. The third kappa shape index (κ3) is 8.27. The largest absolute Gasteiger partial charge is 0.356 e. The molecule has 2 aliphatic heterocycles. The van der Waals surface area contributed by atoms with Crippen LogP contribution in [0.5, 0.6) is 0 Å². The molecular weight excluding hydrogens is 658 g/mol. The number of hydrogen-bond acceptors (Lipinski definition) is 7. The number of nitrogens with zero attached hydrogens (tertiary/aromatic N) is 5. The van der Waals surface area contributed by atoms with Gasteiger partial charge in [0.05, 0.1) is 0 Å². The van der Waals surface area contributed by atoms with Crippen molar-refractivity contribution < 1.29 is 9.59 Å². The summed E-state index contributed by atoms with van der Waals surface area (Å²) in [6.07, 6.45) is 12.5. The summed E-state index contributed by atoms with van der Waals surface area (Å²) in [6, 6.07) is 23.5. The highest BCUT2D eigenvalue weighted by molar-refractivity contribution is 6.33. The summed E-state index contributed by atoms with van der Waals surface area (Å²) in [7, 11) is 0. The number of hydrogen-bond donors (Lipinski definition) is 2. The molecule has 0 atom stereocenters. The molecule has 2 fully saturated rings. The Balaban J connectivity index is 0.856. The zero-order valence-corrected chi connectivity index (χ0v) is 29.5. The molecule has 2 amide bonds. The van der Waals surface area contributed by atoms with Crippen LogP contribution in [0, 0.1) is 6.92 Å². The van der Waals surface area contributed by atoms with Gasteiger partial charge in [0.15, 0.2) is 0 Å². The molecule has 2 N–H and O–H groups in total. The van der Waals surface area contributed by atoms with Crippen molar-refractivity contribution in [2.24, 2.45) is 0 Å². The number of likely N-dealkylation sites (tertiary alicyclic amines) is 1. The Morgan fingerprint density at radius 2 is 1.41 bits per heavy atom. The van der Waals surface area contributed by atoms with Gasteiger partial charge in [0.1, 0.15) is 5.82 Å². The van der Waals surface area contributed by atoms with E-state index >= 15 is 0 Å². The van der Waals surface area contributed by atoms with Crippen molar-refractivity contribution in [2.75, 3.05) is 31.1 Å². The van der Waals surface area contributed by atoms with Crippen molar-refractivity contribution in [1.29, 1.82) is 0 Å². The predicted molar refractivity (Wildman–Crippen MR) is 202 cm³/mol. The van der Waals surface area contributed by atoms with E-state index in [2.05, 4.69) is 42.5 Å². The molecule has 0 saturated carbocycles. The third-order valence-electron chi connectivity index (χ3n) is 10.0. The SMILES string of the molecule is Cc1c(C(=O)NC2CCN(c3ccc(CN4CCC(NC(=O)c5ccc(Cl)c(-c6cccnc6)c5)CC4)cn3)CC2)cccc1-c1cccnc1. The fourth-order valence-electron chi connectivity index (χ4n) is 7.10. The van der Waals surface area contributed by atoms with Crippen molar-refractivity contribution >= 4 is 29.2 Å². The summed E-state index contributed by atoms with van der Waals surface area (Å²) in [4.78, 5) is 44.3. The van der Waals surface area contributed by atoms with E-state index in [-0.39, 0.29) is 23.9 Å². The molecule has 2 aliphatic rings. The van der Waals surface area contributed by atoms with E-state index in [4.69, 9.17) is 16.6 Å². The van der Waals surface area contributed by atoms with E-state index in [1.54, 1.807) is 30.7 Å². The molecule has 3 aromatic heterocycles. The number of carbonyl (C=O) groups is 2. The van der Waals surface area contributed by atoms with Gasteiger partial charge in [-0.05, 0) is 91.8 Å². The Morgan fingerprint density at radius 3 is 2.06 bits per heavy atom. The molecule has 10 heteroatoms. The number of nitrogens with one attached hydrogen (secondary N) is 2. The third-order valence-corrected chi connectivity index (χ3v) is 10.4. The highest BCUT2D eigenvalue weighted by Crippen LogP contribution is 2.29. The Hall–Kier alpha value is -5.12. The predicted octanol–water partition coefficient (Wildman–Crippen LogP) is 6.96. The first-order valence-corrected chi connectivity index (χ1v) is 18.0. The molecule has 5 heterocycles. The van der Waals surface area contributed by atoms with E-state index in [9.17, 15) is 9.59 Å². The van der Waals surface area contributed by atoms with E-state index in [0.29, 0.717) is 16.1 Å². The van der Waals surface area contributed by atoms with E-state index in [0.717, 1.165) is 92.0 Å². The molecule has 51 heavy (non-hydrogen) atoms. The van der Waals surface area contributed by atoms with Gasteiger partial charge in [-0.2, -0.15) is 0 Å². The van der Waals surface area contributed by atoms with Gasteiger partial charge in [0.2, 0.25) is 0 Å². The quantitative estimate of drug-likeness (QED) is 0.172. The van der Waals surface area contributed by atoms with Crippen LogP contribution >= 0.6 is 11.6 Å². The van der Waals surface area contributed by atoms with Gasteiger partial charge in [-0.25, -0.2) is 4.98 Å². The molecule has 9 nitrogen and oxygen atoms in total. The van der Waals surface area contributed by atoms with Crippen LogP contribution < -0.4 is 15.5 Å². The van der Waals surface area contributed by atoms with Crippen molar-refractivity contribution in [3.63, 3.8) is 0 Å². The fourth-order valence-corrected chi connectivity index (χ4v) is 7.33. The minimum Gasteiger partial charge on any atom is -0.356 e. The highest BCUT2D eigenvalue weighted by atomic mass is 35.5. The molecule has 2 aromatic carbocycles. The standard InChI is InChI=1S/C41H42ClN7O2/c1-28-35(31-5-3-17-43-25-31)7-2-8-36(28)41(51)47-34-15-21-49(22-16-34)39-12-9-29(24-45-39)27-48-19-13-33(14-20-48)46-40(50)30-10-11-38(42)37(23-30)32-6-4-18-44-26-32/h2-12,17-18,23-26,33-34H,13-16,19-22,27H2,1H3,(H,46,50)(H,47,51). The highest BCUT2D eigenvalue weighted by Gasteiger charge is 2.25. The number of piperidine rings is 2. The van der Waals surface area contributed by atoms with Crippen molar-refractivity contribution in [2.45, 2.75) is 51.2 Å². The van der Waals surface area contributed by atoms with Gasteiger partial charge in [0, 0.05) is 109 Å². The molecule has 0 aliphatic carbocycles. The lowest BCUT2D eigenvalue weighted by atomic mass is 9.96. The van der Waals surface area contributed by atoms with Crippen molar-refractivity contribution in [1.82, 2.24) is 30.5 Å². The second-order valence-electron chi connectivity index (χ2n) is 13.4. The minimum atomic E-state index is -0.0804. The number of pyridine rings is 3.